The number of aldehydes is 2. The van der Waals surface area contributed by atoms with Crippen molar-refractivity contribution in [2.75, 3.05) is 0 Å². The van der Waals surface area contributed by atoms with Crippen molar-refractivity contribution in [2.45, 2.75) is 12.5 Å². The minimum atomic E-state index is -2.86. The molecule has 3 atom stereocenters. The van der Waals surface area contributed by atoms with E-state index in [4.69, 9.17) is 31.7 Å². The molecule has 9 nitrogen and oxygen atoms in total. The normalized spacial score (nSPS) is 12.5. The topological polar surface area (TPSA) is 175 Å². The fourth-order valence-electron chi connectivity index (χ4n) is 0.154. The Balaban J connectivity index is -0.0000000425. The van der Waals surface area contributed by atoms with E-state index in [1.165, 1.54) is 0 Å². The molecule has 0 aliphatic carbocycles. The van der Waals surface area contributed by atoms with E-state index >= 15 is 0 Å². The van der Waals surface area contributed by atoms with Crippen molar-refractivity contribution in [3.8, 4) is 0 Å². The Labute approximate surface area is 147 Å². The van der Waals surface area contributed by atoms with Crippen LogP contribution in [0.5, 0.6) is 0 Å². The molecule has 0 aliphatic heterocycles. The number of hydrogen-bond acceptors (Lipinski definition) is 7. The van der Waals surface area contributed by atoms with E-state index in [1.807, 2.05) is 0 Å². The minimum absolute atomic E-state index is 0. The fourth-order valence-corrected chi connectivity index (χ4v) is 0.154. The quantitative estimate of drug-likeness (QED) is 0.259. The molecule has 0 radical (unpaired) electrons. The third-order valence-corrected chi connectivity index (χ3v) is 0.495. The molecule has 92 valence electrons. The molecular formula is C4H8Na2O9S2. The van der Waals surface area contributed by atoms with Crippen LogP contribution in [0.4, 0.5) is 0 Å². The van der Waals surface area contributed by atoms with Gasteiger partial charge in [-0.3, -0.25) is 0 Å². The van der Waals surface area contributed by atoms with Crippen LogP contribution in [0.25, 0.3) is 0 Å². The molecule has 0 fully saturated rings. The largest absolute Gasteiger partial charge is 1.00 e. The summed E-state index contributed by atoms with van der Waals surface area (Å²) in [5.74, 6) is 0. The summed E-state index contributed by atoms with van der Waals surface area (Å²) >= 11 is -5.72. The number of carbonyl (C=O) groups excluding carboxylic acids is 2. The Morgan fingerprint density at radius 3 is 1.35 bits per heavy atom. The van der Waals surface area contributed by atoms with E-state index < -0.39 is 28.8 Å². The van der Waals surface area contributed by atoms with Crippen molar-refractivity contribution in [3.05, 3.63) is 0 Å². The standard InChI is InChI=1S/C4H6O3.2Na.2H2O3S/c5-2-1-4(7)3-6;;;2*1-4(2)3/h2-4,7H,1H2;;;2*(H2,1,2,3)/q;2*+1;;/p-2. The molecule has 0 spiro atoms. The second kappa shape index (κ2) is 26.1. The number of hydrogen-bond donors (Lipinski definition) is 3. The van der Waals surface area contributed by atoms with Crippen LogP contribution in [0.1, 0.15) is 6.42 Å². The van der Waals surface area contributed by atoms with Crippen LogP contribution < -0.4 is 59.1 Å². The smallest absolute Gasteiger partial charge is 0.750 e. The molecule has 3 unspecified atom stereocenters. The summed E-state index contributed by atoms with van der Waals surface area (Å²) in [6.45, 7) is 0. The van der Waals surface area contributed by atoms with Gasteiger partial charge in [0.2, 0.25) is 0 Å². The third-order valence-electron chi connectivity index (χ3n) is 0.495. The number of rotatable bonds is 3. The van der Waals surface area contributed by atoms with Crippen molar-refractivity contribution in [1.29, 1.82) is 0 Å². The molecule has 0 rings (SSSR count). The molecule has 0 aromatic heterocycles. The Kier molecular flexibility index (Phi) is 47.7. The first-order valence-electron chi connectivity index (χ1n) is 2.91. The summed E-state index contributed by atoms with van der Waals surface area (Å²) in [5.41, 5.74) is 0. The Morgan fingerprint density at radius 1 is 1.06 bits per heavy atom. The fraction of sp³-hybridized carbons (Fsp3) is 0.500. The maximum Gasteiger partial charge on any atom is 1.00 e. The van der Waals surface area contributed by atoms with Gasteiger partial charge in [0, 0.05) is 6.42 Å². The van der Waals surface area contributed by atoms with Gasteiger partial charge in [0.25, 0.3) is 0 Å². The second-order valence-electron chi connectivity index (χ2n) is 1.54. The van der Waals surface area contributed by atoms with Crippen LogP contribution in [-0.4, -0.2) is 50.4 Å². The summed E-state index contributed by atoms with van der Waals surface area (Å²) in [6, 6.07) is 0. The van der Waals surface area contributed by atoms with Crippen molar-refractivity contribution in [2.24, 2.45) is 0 Å². The molecule has 0 aliphatic rings. The van der Waals surface area contributed by atoms with Crippen LogP contribution >= 0.6 is 0 Å². The zero-order chi connectivity index (χ0) is 12.9. The van der Waals surface area contributed by atoms with Crippen LogP contribution in [0.2, 0.25) is 0 Å². The zero-order valence-electron chi connectivity index (χ0n) is 9.05. The van der Waals surface area contributed by atoms with Crippen molar-refractivity contribution >= 4 is 35.3 Å². The van der Waals surface area contributed by atoms with E-state index in [2.05, 4.69) is 0 Å². The van der Waals surface area contributed by atoms with Crippen LogP contribution in [-0.2, 0) is 32.3 Å². The summed E-state index contributed by atoms with van der Waals surface area (Å²) in [7, 11) is 0. The monoisotopic (exact) mass is 310 g/mol. The second-order valence-corrected chi connectivity index (χ2v) is 2.41. The van der Waals surface area contributed by atoms with Gasteiger partial charge in [-0.05, 0) is 0 Å². The first kappa shape index (κ1) is 31.0. The minimum Gasteiger partial charge on any atom is -0.750 e. The van der Waals surface area contributed by atoms with E-state index in [0.29, 0.717) is 12.6 Å². The van der Waals surface area contributed by atoms with Gasteiger partial charge in [-0.15, -0.1) is 0 Å². The van der Waals surface area contributed by atoms with E-state index in [9.17, 15) is 9.59 Å². The molecule has 17 heavy (non-hydrogen) atoms. The Hall–Kier alpha value is 1.44. The molecule has 3 N–H and O–H groups in total. The maximum atomic E-state index is 9.49. The number of aliphatic hydroxyl groups excluding tert-OH is 1. The SMILES string of the molecule is O=CCC(O)C=O.O=S([O-])O.O=S([O-])O.[Na+].[Na+]. The molecule has 13 heteroatoms. The average molecular weight is 310 g/mol. The first-order chi connectivity index (χ1) is 6.77. The van der Waals surface area contributed by atoms with Crippen LogP contribution in [0.15, 0.2) is 0 Å². The molecule has 0 amide bonds. The summed E-state index contributed by atoms with van der Waals surface area (Å²) in [5, 5.41) is 8.26. The van der Waals surface area contributed by atoms with E-state index in [0.717, 1.165) is 0 Å². The first-order valence-corrected chi connectivity index (χ1v) is 4.97. The molecule has 0 saturated carbocycles. The van der Waals surface area contributed by atoms with E-state index in [1.54, 1.807) is 0 Å². The van der Waals surface area contributed by atoms with Crippen molar-refractivity contribution < 1.29 is 100 Å². The summed E-state index contributed by atoms with van der Waals surface area (Å²) in [4.78, 5) is 18.9. The molecule has 0 saturated heterocycles. The van der Waals surface area contributed by atoms with Gasteiger partial charge in [-0.2, -0.15) is 0 Å². The van der Waals surface area contributed by atoms with Crippen molar-refractivity contribution in [1.82, 2.24) is 0 Å². The third kappa shape index (κ3) is 100. The van der Waals surface area contributed by atoms with Gasteiger partial charge in [0.1, 0.15) is 18.7 Å². The van der Waals surface area contributed by atoms with Gasteiger partial charge >= 0.3 is 59.1 Å². The molecule has 0 aromatic carbocycles. The Morgan fingerprint density at radius 2 is 1.29 bits per heavy atom. The van der Waals surface area contributed by atoms with Crippen molar-refractivity contribution in [3.63, 3.8) is 0 Å². The molecular weight excluding hydrogens is 302 g/mol. The maximum absolute atomic E-state index is 9.49. The van der Waals surface area contributed by atoms with Gasteiger partial charge in [-0.1, -0.05) is 0 Å². The van der Waals surface area contributed by atoms with Gasteiger partial charge < -0.3 is 32.9 Å². The van der Waals surface area contributed by atoms with Crippen LogP contribution in [0, 0.1) is 0 Å². The zero-order valence-corrected chi connectivity index (χ0v) is 14.7. The summed E-state index contributed by atoms with van der Waals surface area (Å²) in [6.07, 6.45) is -0.366. The average Bonchev–Trinajstić information content (AvgIpc) is 2.02. The number of carbonyl (C=O) groups is 2. The predicted molar refractivity (Wildman–Crippen MR) is 45.8 cm³/mol. The molecule has 0 aromatic rings. The molecule has 0 bridgehead atoms. The predicted octanol–water partition coefficient (Wildman–Crippen LogP) is -8.18. The van der Waals surface area contributed by atoms with Crippen LogP contribution in [0.3, 0.4) is 0 Å². The van der Waals surface area contributed by atoms with Gasteiger partial charge in [-0.25, -0.2) is 8.42 Å². The van der Waals surface area contributed by atoms with E-state index in [-0.39, 0.29) is 65.5 Å². The number of aliphatic hydroxyl groups is 1. The van der Waals surface area contributed by atoms with Gasteiger partial charge in [0.05, 0.1) is 22.7 Å². The Bertz CT molecular complexity index is 193. The van der Waals surface area contributed by atoms with Gasteiger partial charge in [0.15, 0.2) is 0 Å². The molecule has 0 heterocycles. The summed E-state index contributed by atoms with van der Waals surface area (Å²) < 4.78 is 48.2.